The van der Waals surface area contributed by atoms with Gasteiger partial charge in [-0.05, 0) is 25.2 Å². The van der Waals surface area contributed by atoms with Crippen molar-refractivity contribution in [2.24, 2.45) is 5.92 Å². The highest BCUT2D eigenvalue weighted by atomic mass is 16.6. The molecule has 6 heteroatoms. The van der Waals surface area contributed by atoms with E-state index in [1.807, 2.05) is 0 Å². The van der Waals surface area contributed by atoms with Crippen LogP contribution in [0.15, 0.2) is 0 Å². The molecule has 65 heavy (non-hydrogen) atoms. The minimum absolute atomic E-state index is 0.0619. The lowest BCUT2D eigenvalue weighted by Gasteiger charge is -2.18. The van der Waals surface area contributed by atoms with Crippen LogP contribution >= 0.6 is 0 Å². The van der Waals surface area contributed by atoms with Gasteiger partial charge in [0.15, 0.2) is 6.10 Å². The summed E-state index contributed by atoms with van der Waals surface area (Å²) in [5.41, 5.74) is 0. The zero-order valence-electron chi connectivity index (χ0n) is 44.5. The first-order chi connectivity index (χ1) is 31.9. The second kappa shape index (κ2) is 53.4. The van der Waals surface area contributed by atoms with Crippen molar-refractivity contribution in [1.82, 2.24) is 0 Å². The highest BCUT2D eigenvalue weighted by Gasteiger charge is 2.19. The molecular weight excluding hydrogens is 805 g/mol. The van der Waals surface area contributed by atoms with Crippen molar-refractivity contribution in [3.05, 3.63) is 0 Å². The van der Waals surface area contributed by atoms with Gasteiger partial charge in [0.2, 0.25) is 0 Å². The lowest BCUT2D eigenvalue weighted by atomic mass is 10.0. The molecule has 0 aliphatic heterocycles. The van der Waals surface area contributed by atoms with Crippen LogP contribution in [0.25, 0.3) is 0 Å². The van der Waals surface area contributed by atoms with Crippen LogP contribution in [0.3, 0.4) is 0 Å². The number of unbranched alkanes of at least 4 members (excludes halogenated alkanes) is 41. The summed E-state index contributed by atoms with van der Waals surface area (Å²) < 4.78 is 16.9. The number of ether oxygens (including phenoxy) is 3. The van der Waals surface area contributed by atoms with Crippen molar-refractivity contribution in [3.63, 3.8) is 0 Å². The predicted octanol–water partition coefficient (Wildman–Crippen LogP) is 19.4. The van der Waals surface area contributed by atoms with Gasteiger partial charge in [-0.3, -0.25) is 14.4 Å². The SMILES string of the molecule is CCCCCCCCCCCCCCCCCCCC(=O)O[C@@H](COC(=O)CCCCCCCCCCC)COC(=O)CCCCCCCCCCCCCCCCCCCCC(C)C. The second-order valence-corrected chi connectivity index (χ2v) is 20.8. The quantitative estimate of drug-likeness (QED) is 0.0344. The third-order valence-corrected chi connectivity index (χ3v) is 13.5. The summed E-state index contributed by atoms with van der Waals surface area (Å²) in [6.07, 6.45) is 58.2. The molecule has 0 unspecified atom stereocenters. The third kappa shape index (κ3) is 53.2. The van der Waals surface area contributed by atoms with Gasteiger partial charge >= 0.3 is 17.9 Å². The number of carbonyl (C=O) groups is 3. The summed E-state index contributed by atoms with van der Waals surface area (Å²) in [5.74, 6) is 0.0213. The first-order valence-corrected chi connectivity index (χ1v) is 29.4. The van der Waals surface area contributed by atoms with Crippen LogP contribution in [0.5, 0.6) is 0 Å². The van der Waals surface area contributed by atoms with Gasteiger partial charge in [-0.1, -0.05) is 297 Å². The van der Waals surface area contributed by atoms with Crippen LogP contribution < -0.4 is 0 Å². The second-order valence-electron chi connectivity index (χ2n) is 20.8. The molecule has 0 saturated heterocycles. The number of rotatable bonds is 54. The molecule has 0 aliphatic rings. The molecule has 0 aromatic carbocycles. The van der Waals surface area contributed by atoms with Gasteiger partial charge in [0.1, 0.15) is 13.2 Å². The summed E-state index contributed by atoms with van der Waals surface area (Å²) in [5, 5.41) is 0. The predicted molar refractivity (Wildman–Crippen MR) is 280 cm³/mol. The molecule has 0 rings (SSSR count). The molecule has 0 aromatic heterocycles. The van der Waals surface area contributed by atoms with Crippen LogP contribution in [-0.2, 0) is 28.6 Å². The maximum atomic E-state index is 12.8. The largest absolute Gasteiger partial charge is 0.462 e. The Bertz CT molecular complexity index is 980. The summed E-state index contributed by atoms with van der Waals surface area (Å²) in [6.45, 7) is 9.06. The fourth-order valence-corrected chi connectivity index (χ4v) is 9.10. The maximum Gasteiger partial charge on any atom is 0.306 e. The lowest BCUT2D eigenvalue weighted by molar-refractivity contribution is -0.167. The number of carbonyl (C=O) groups excluding carboxylic acids is 3. The van der Waals surface area contributed by atoms with Crippen molar-refractivity contribution in [1.29, 1.82) is 0 Å². The van der Waals surface area contributed by atoms with Crippen LogP contribution in [0, 0.1) is 5.92 Å². The zero-order chi connectivity index (χ0) is 47.4. The Morgan fingerprint density at radius 3 is 0.754 bits per heavy atom. The van der Waals surface area contributed by atoms with Gasteiger partial charge in [0, 0.05) is 19.3 Å². The molecule has 386 valence electrons. The smallest absolute Gasteiger partial charge is 0.306 e. The Hall–Kier alpha value is -1.59. The fraction of sp³-hybridized carbons (Fsp3) is 0.949. The molecule has 0 aliphatic carbocycles. The van der Waals surface area contributed by atoms with Crippen LogP contribution in [0.1, 0.15) is 336 Å². The van der Waals surface area contributed by atoms with E-state index in [-0.39, 0.29) is 31.1 Å². The van der Waals surface area contributed by atoms with E-state index in [1.165, 1.54) is 231 Å². The third-order valence-electron chi connectivity index (χ3n) is 13.5. The van der Waals surface area contributed by atoms with E-state index >= 15 is 0 Å². The Kier molecular flexibility index (Phi) is 52.1. The minimum atomic E-state index is -0.761. The highest BCUT2D eigenvalue weighted by Crippen LogP contribution is 2.18. The molecule has 6 nitrogen and oxygen atoms in total. The molecule has 0 bridgehead atoms. The first-order valence-electron chi connectivity index (χ1n) is 29.4. The molecule has 0 heterocycles. The van der Waals surface area contributed by atoms with E-state index in [2.05, 4.69) is 27.7 Å². The normalized spacial score (nSPS) is 12.0. The first kappa shape index (κ1) is 63.4. The van der Waals surface area contributed by atoms with Crippen molar-refractivity contribution >= 4 is 17.9 Å². The van der Waals surface area contributed by atoms with Gasteiger partial charge in [-0.15, -0.1) is 0 Å². The summed E-state index contributed by atoms with van der Waals surface area (Å²) in [6, 6.07) is 0. The maximum absolute atomic E-state index is 12.8. The molecule has 0 fully saturated rings. The molecule has 0 radical (unpaired) electrons. The van der Waals surface area contributed by atoms with Crippen molar-refractivity contribution < 1.29 is 28.6 Å². The van der Waals surface area contributed by atoms with E-state index in [4.69, 9.17) is 14.2 Å². The standard InChI is InChI=1S/C59H114O6/c1-5-7-9-11-13-15-16-17-18-21-26-29-32-36-40-44-48-52-59(62)65-56(53-63-57(60)50-46-42-38-33-14-12-10-8-6-2)54-64-58(61)51-47-43-39-35-31-28-25-23-20-19-22-24-27-30-34-37-41-45-49-55(3)4/h55-56H,5-54H2,1-4H3/t56-/m0/s1. The lowest BCUT2D eigenvalue weighted by Crippen LogP contribution is -2.30. The molecule has 0 spiro atoms. The summed E-state index contributed by atoms with van der Waals surface area (Å²) in [4.78, 5) is 38.0. The Morgan fingerprint density at radius 2 is 0.508 bits per heavy atom. The molecular formula is C59H114O6. The van der Waals surface area contributed by atoms with Crippen LogP contribution in [0.4, 0.5) is 0 Å². The van der Waals surface area contributed by atoms with Crippen molar-refractivity contribution in [3.8, 4) is 0 Å². The Labute approximate surface area is 406 Å². The average molecular weight is 920 g/mol. The van der Waals surface area contributed by atoms with Crippen molar-refractivity contribution in [2.45, 2.75) is 342 Å². The van der Waals surface area contributed by atoms with Crippen molar-refractivity contribution in [2.75, 3.05) is 13.2 Å². The number of esters is 3. The van der Waals surface area contributed by atoms with Gasteiger partial charge < -0.3 is 14.2 Å². The Balaban J connectivity index is 4.18. The average Bonchev–Trinajstić information content (AvgIpc) is 3.29. The zero-order valence-corrected chi connectivity index (χ0v) is 44.5. The highest BCUT2D eigenvalue weighted by molar-refractivity contribution is 5.71. The monoisotopic (exact) mass is 919 g/mol. The van der Waals surface area contributed by atoms with E-state index in [1.54, 1.807) is 0 Å². The van der Waals surface area contributed by atoms with E-state index in [9.17, 15) is 14.4 Å². The summed E-state index contributed by atoms with van der Waals surface area (Å²) >= 11 is 0. The topological polar surface area (TPSA) is 78.9 Å². The molecule has 1 atom stereocenters. The van der Waals surface area contributed by atoms with Gasteiger partial charge in [0.05, 0.1) is 0 Å². The molecule has 0 saturated carbocycles. The van der Waals surface area contributed by atoms with E-state index < -0.39 is 6.10 Å². The van der Waals surface area contributed by atoms with Crippen LogP contribution in [-0.4, -0.2) is 37.2 Å². The summed E-state index contributed by atoms with van der Waals surface area (Å²) in [7, 11) is 0. The van der Waals surface area contributed by atoms with Gasteiger partial charge in [0.25, 0.3) is 0 Å². The van der Waals surface area contributed by atoms with Crippen LogP contribution in [0.2, 0.25) is 0 Å². The number of hydrogen-bond acceptors (Lipinski definition) is 6. The van der Waals surface area contributed by atoms with Gasteiger partial charge in [-0.25, -0.2) is 0 Å². The molecule has 0 aromatic rings. The fourth-order valence-electron chi connectivity index (χ4n) is 9.10. The van der Waals surface area contributed by atoms with E-state index in [0.717, 1.165) is 63.7 Å². The van der Waals surface area contributed by atoms with E-state index in [0.29, 0.717) is 19.3 Å². The number of hydrogen-bond donors (Lipinski definition) is 0. The Morgan fingerprint density at radius 1 is 0.292 bits per heavy atom. The minimum Gasteiger partial charge on any atom is -0.462 e. The van der Waals surface area contributed by atoms with Gasteiger partial charge in [-0.2, -0.15) is 0 Å². The molecule has 0 amide bonds. The molecule has 0 N–H and O–H groups in total.